The van der Waals surface area contributed by atoms with Crippen molar-refractivity contribution in [2.75, 3.05) is 0 Å². The molecule has 0 radical (unpaired) electrons. The standard InChI is InChI=1S/C18H16ClFN2O/c1-11(21-19)15-16(12-7-4-3-5-8-12)22(2)17-13(18(15)23)9-6-10-14(17)20/h3-11,21H,1-2H3. The topological polar surface area (TPSA) is 34.0 Å². The SMILES string of the molecule is CC(NCl)c1c(-c2ccccc2)n(C)c2c(F)cccc2c1=O. The van der Waals surface area contributed by atoms with Crippen LogP contribution in [0, 0.1) is 5.82 Å². The van der Waals surface area contributed by atoms with Crippen LogP contribution in [0.4, 0.5) is 4.39 Å². The first-order valence-electron chi connectivity index (χ1n) is 7.29. The summed E-state index contributed by atoms with van der Waals surface area (Å²) in [7, 11) is 1.76. The van der Waals surface area contributed by atoms with E-state index in [2.05, 4.69) is 4.84 Å². The van der Waals surface area contributed by atoms with Crippen molar-refractivity contribution in [1.82, 2.24) is 9.40 Å². The Balaban J connectivity index is 2.53. The van der Waals surface area contributed by atoms with Crippen LogP contribution in [-0.4, -0.2) is 4.57 Å². The van der Waals surface area contributed by atoms with E-state index in [4.69, 9.17) is 11.8 Å². The van der Waals surface area contributed by atoms with Crippen molar-refractivity contribution < 1.29 is 4.39 Å². The van der Waals surface area contributed by atoms with E-state index in [0.29, 0.717) is 22.2 Å². The third-order valence-electron chi connectivity index (χ3n) is 4.05. The Hall–Kier alpha value is -2.17. The highest BCUT2D eigenvalue weighted by Crippen LogP contribution is 2.29. The third-order valence-corrected chi connectivity index (χ3v) is 4.37. The van der Waals surface area contributed by atoms with Gasteiger partial charge in [-0.2, -0.15) is 0 Å². The van der Waals surface area contributed by atoms with Crippen LogP contribution in [0.25, 0.3) is 22.2 Å². The molecule has 0 bridgehead atoms. The normalized spacial score (nSPS) is 12.5. The van der Waals surface area contributed by atoms with Gasteiger partial charge in [0.05, 0.1) is 17.3 Å². The summed E-state index contributed by atoms with van der Waals surface area (Å²) in [5.74, 6) is -0.419. The van der Waals surface area contributed by atoms with Crippen molar-refractivity contribution in [3.8, 4) is 11.3 Å². The Kier molecular flexibility index (Phi) is 4.20. The van der Waals surface area contributed by atoms with Crippen LogP contribution in [0.3, 0.4) is 0 Å². The van der Waals surface area contributed by atoms with Gasteiger partial charge in [-0.3, -0.25) is 4.79 Å². The maximum Gasteiger partial charge on any atom is 0.194 e. The number of rotatable bonds is 3. The molecular weight excluding hydrogens is 315 g/mol. The molecule has 118 valence electrons. The summed E-state index contributed by atoms with van der Waals surface area (Å²) in [4.78, 5) is 15.6. The van der Waals surface area contributed by atoms with Crippen LogP contribution < -0.4 is 10.3 Å². The second kappa shape index (κ2) is 6.14. The Morgan fingerprint density at radius 3 is 2.48 bits per heavy atom. The molecular formula is C18H16ClFN2O. The summed E-state index contributed by atoms with van der Waals surface area (Å²) in [6.45, 7) is 1.81. The van der Waals surface area contributed by atoms with Crippen molar-refractivity contribution in [3.63, 3.8) is 0 Å². The van der Waals surface area contributed by atoms with E-state index in [1.807, 2.05) is 30.3 Å². The summed E-state index contributed by atoms with van der Waals surface area (Å²) < 4.78 is 16.1. The van der Waals surface area contributed by atoms with Gasteiger partial charge in [0, 0.05) is 18.0 Å². The molecule has 0 aliphatic heterocycles. The molecule has 1 aromatic heterocycles. The van der Waals surface area contributed by atoms with Gasteiger partial charge in [0.25, 0.3) is 0 Å². The molecule has 0 fully saturated rings. The number of aryl methyl sites for hydroxylation is 1. The highest BCUT2D eigenvalue weighted by molar-refractivity contribution is 6.13. The minimum atomic E-state index is -0.419. The lowest BCUT2D eigenvalue weighted by atomic mass is 9.97. The van der Waals surface area contributed by atoms with Crippen molar-refractivity contribution >= 4 is 22.7 Å². The predicted octanol–water partition coefficient (Wildman–Crippen LogP) is 4.15. The first-order valence-corrected chi connectivity index (χ1v) is 7.66. The van der Waals surface area contributed by atoms with Crippen LogP contribution >= 0.6 is 11.8 Å². The molecule has 3 rings (SSSR count). The number of nitrogens with zero attached hydrogens (tertiary/aromatic N) is 1. The summed E-state index contributed by atoms with van der Waals surface area (Å²) in [5.41, 5.74) is 2.10. The van der Waals surface area contributed by atoms with Gasteiger partial charge in [0.1, 0.15) is 5.82 Å². The molecule has 1 atom stereocenters. The number of benzene rings is 2. The number of fused-ring (bicyclic) bond motifs is 1. The molecule has 0 amide bonds. The number of aromatic nitrogens is 1. The van der Waals surface area contributed by atoms with E-state index in [0.717, 1.165) is 5.56 Å². The van der Waals surface area contributed by atoms with Crippen molar-refractivity contribution in [2.45, 2.75) is 13.0 Å². The Bertz CT molecular complexity index is 922. The molecule has 0 saturated heterocycles. The average molecular weight is 331 g/mol. The molecule has 2 aromatic carbocycles. The number of hydrogen-bond donors (Lipinski definition) is 1. The van der Waals surface area contributed by atoms with E-state index in [9.17, 15) is 9.18 Å². The molecule has 3 nitrogen and oxygen atoms in total. The highest BCUT2D eigenvalue weighted by atomic mass is 35.5. The molecule has 1 unspecified atom stereocenters. The van der Waals surface area contributed by atoms with Gasteiger partial charge in [0.2, 0.25) is 0 Å². The van der Waals surface area contributed by atoms with Gasteiger partial charge in [0.15, 0.2) is 5.43 Å². The van der Waals surface area contributed by atoms with Gasteiger partial charge in [-0.25, -0.2) is 9.23 Å². The van der Waals surface area contributed by atoms with Crippen LogP contribution in [0.1, 0.15) is 18.5 Å². The summed E-state index contributed by atoms with van der Waals surface area (Å²) in [6.07, 6.45) is 0. The zero-order valence-electron chi connectivity index (χ0n) is 12.8. The molecule has 0 aliphatic carbocycles. The van der Waals surface area contributed by atoms with E-state index < -0.39 is 5.82 Å². The van der Waals surface area contributed by atoms with Crippen molar-refractivity contribution in [3.05, 3.63) is 70.1 Å². The fourth-order valence-electron chi connectivity index (χ4n) is 2.99. The monoisotopic (exact) mass is 330 g/mol. The van der Waals surface area contributed by atoms with Crippen molar-refractivity contribution in [1.29, 1.82) is 0 Å². The minimum absolute atomic E-state index is 0.211. The molecule has 1 N–H and O–H groups in total. The zero-order valence-corrected chi connectivity index (χ0v) is 13.6. The minimum Gasteiger partial charge on any atom is -0.341 e. The highest BCUT2D eigenvalue weighted by Gasteiger charge is 2.22. The van der Waals surface area contributed by atoms with Gasteiger partial charge >= 0.3 is 0 Å². The van der Waals surface area contributed by atoms with E-state index in [1.54, 1.807) is 30.7 Å². The zero-order chi connectivity index (χ0) is 16.6. The quantitative estimate of drug-likeness (QED) is 0.732. The van der Waals surface area contributed by atoms with Crippen LogP contribution in [0.2, 0.25) is 0 Å². The maximum atomic E-state index is 14.3. The number of para-hydroxylation sites is 1. The van der Waals surface area contributed by atoms with E-state index >= 15 is 0 Å². The first-order chi connectivity index (χ1) is 11.1. The Labute approximate surface area is 138 Å². The average Bonchev–Trinajstić information content (AvgIpc) is 2.57. The molecule has 1 heterocycles. The second-order valence-corrected chi connectivity index (χ2v) is 5.70. The number of nitrogens with one attached hydrogen (secondary N) is 1. The van der Waals surface area contributed by atoms with Gasteiger partial charge in [-0.05, 0) is 36.4 Å². The molecule has 0 spiro atoms. The lowest BCUT2D eigenvalue weighted by Gasteiger charge is -2.20. The summed E-state index contributed by atoms with van der Waals surface area (Å²) in [5, 5.41) is 0.348. The maximum absolute atomic E-state index is 14.3. The Morgan fingerprint density at radius 1 is 1.13 bits per heavy atom. The lowest BCUT2D eigenvalue weighted by Crippen LogP contribution is -2.23. The van der Waals surface area contributed by atoms with Gasteiger partial charge < -0.3 is 4.57 Å². The van der Waals surface area contributed by atoms with Crippen LogP contribution in [0.15, 0.2) is 53.3 Å². The Morgan fingerprint density at radius 2 is 1.83 bits per heavy atom. The van der Waals surface area contributed by atoms with Crippen molar-refractivity contribution in [2.24, 2.45) is 7.05 Å². The fourth-order valence-corrected chi connectivity index (χ4v) is 3.10. The van der Waals surface area contributed by atoms with Crippen LogP contribution in [0.5, 0.6) is 0 Å². The molecule has 3 aromatic rings. The largest absolute Gasteiger partial charge is 0.341 e. The second-order valence-electron chi connectivity index (χ2n) is 5.48. The molecule has 0 saturated carbocycles. The number of pyridine rings is 1. The molecule has 5 heteroatoms. The summed E-state index contributed by atoms with van der Waals surface area (Å²) >= 11 is 5.78. The van der Waals surface area contributed by atoms with Crippen LogP contribution in [-0.2, 0) is 7.05 Å². The smallest absolute Gasteiger partial charge is 0.194 e. The number of halogens is 2. The lowest BCUT2D eigenvalue weighted by molar-refractivity contribution is 0.629. The molecule has 23 heavy (non-hydrogen) atoms. The predicted molar refractivity (Wildman–Crippen MR) is 92.0 cm³/mol. The number of hydrogen-bond acceptors (Lipinski definition) is 2. The van der Waals surface area contributed by atoms with Gasteiger partial charge in [-0.1, -0.05) is 36.4 Å². The van der Waals surface area contributed by atoms with E-state index in [-0.39, 0.29) is 11.5 Å². The molecule has 0 aliphatic rings. The first kappa shape index (κ1) is 15.7. The summed E-state index contributed by atoms with van der Waals surface area (Å²) in [6, 6.07) is 13.6. The fraction of sp³-hybridized carbons (Fsp3) is 0.167. The van der Waals surface area contributed by atoms with E-state index in [1.165, 1.54) is 6.07 Å². The van der Waals surface area contributed by atoms with Gasteiger partial charge in [-0.15, -0.1) is 0 Å². The third kappa shape index (κ3) is 2.54.